The highest BCUT2D eigenvalue weighted by Crippen LogP contribution is 2.24. The summed E-state index contributed by atoms with van der Waals surface area (Å²) in [4.78, 5) is 14.5. The van der Waals surface area contributed by atoms with E-state index < -0.39 is 0 Å². The Labute approximate surface area is 120 Å². The first-order valence-electron chi connectivity index (χ1n) is 7.50. The van der Waals surface area contributed by atoms with Gasteiger partial charge in [0, 0.05) is 31.9 Å². The van der Waals surface area contributed by atoms with Crippen molar-refractivity contribution in [3.05, 3.63) is 17.5 Å². The van der Waals surface area contributed by atoms with E-state index in [-0.39, 0.29) is 18.6 Å². The van der Waals surface area contributed by atoms with Gasteiger partial charge >= 0.3 is 0 Å². The largest absolute Gasteiger partial charge is 0.396 e. The fraction of sp³-hybridized carbons (Fsp3) is 0.733. The molecule has 1 aliphatic heterocycles. The summed E-state index contributed by atoms with van der Waals surface area (Å²) in [5.74, 6) is 0.394. The molecule has 1 aromatic rings. The summed E-state index contributed by atoms with van der Waals surface area (Å²) in [6, 6.07) is 2.17. The molecule has 1 saturated heterocycles. The molecular weight excluding hydrogens is 254 g/mol. The number of aryl methyl sites for hydroxylation is 1. The minimum atomic E-state index is 0.0351. The third-order valence-electron chi connectivity index (χ3n) is 4.06. The van der Waals surface area contributed by atoms with Crippen LogP contribution < -0.4 is 0 Å². The molecule has 5 nitrogen and oxygen atoms in total. The number of carbonyl (C=O) groups is 1. The Kier molecular flexibility index (Phi) is 4.81. The lowest BCUT2D eigenvalue weighted by Crippen LogP contribution is -2.35. The fourth-order valence-electron chi connectivity index (χ4n) is 3.00. The summed E-state index contributed by atoms with van der Waals surface area (Å²) in [7, 11) is 1.89. The van der Waals surface area contributed by atoms with E-state index in [2.05, 4.69) is 18.9 Å². The number of rotatable bonds is 5. The molecule has 2 rings (SSSR count). The summed E-state index contributed by atoms with van der Waals surface area (Å²) in [5.41, 5.74) is 1.63. The zero-order valence-electron chi connectivity index (χ0n) is 12.7. The minimum Gasteiger partial charge on any atom is -0.396 e. The lowest BCUT2D eigenvalue weighted by Gasteiger charge is -2.23. The highest BCUT2D eigenvalue weighted by molar-refractivity contribution is 5.92. The van der Waals surface area contributed by atoms with Crippen LogP contribution in [0.2, 0.25) is 0 Å². The number of carbonyl (C=O) groups excluding carboxylic acids is 1. The second kappa shape index (κ2) is 6.39. The van der Waals surface area contributed by atoms with Crippen LogP contribution in [0.25, 0.3) is 0 Å². The van der Waals surface area contributed by atoms with Gasteiger partial charge in [0.1, 0.15) is 0 Å². The van der Waals surface area contributed by atoms with Crippen LogP contribution in [0, 0.1) is 0 Å². The highest BCUT2D eigenvalue weighted by Gasteiger charge is 2.30. The van der Waals surface area contributed by atoms with E-state index >= 15 is 0 Å². The molecule has 1 amide bonds. The molecule has 0 saturated carbocycles. The Balaban J connectivity index is 2.12. The van der Waals surface area contributed by atoms with Gasteiger partial charge in [-0.15, -0.1) is 0 Å². The van der Waals surface area contributed by atoms with Gasteiger partial charge in [0.2, 0.25) is 0 Å². The van der Waals surface area contributed by atoms with Crippen molar-refractivity contribution in [3.8, 4) is 0 Å². The van der Waals surface area contributed by atoms with E-state index in [1.807, 2.05) is 18.0 Å². The molecule has 112 valence electrons. The highest BCUT2D eigenvalue weighted by atomic mass is 16.3. The van der Waals surface area contributed by atoms with Gasteiger partial charge in [-0.05, 0) is 37.7 Å². The van der Waals surface area contributed by atoms with Crippen molar-refractivity contribution in [2.45, 2.75) is 51.5 Å². The van der Waals surface area contributed by atoms with Crippen molar-refractivity contribution in [2.75, 3.05) is 13.2 Å². The van der Waals surface area contributed by atoms with E-state index in [4.69, 9.17) is 5.11 Å². The topological polar surface area (TPSA) is 58.4 Å². The maximum Gasteiger partial charge on any atom is 0.274 e. The second-order valence-electron chi connectivity index (χ2n) is 5.89. The van der Waals surface area contributed by atoms with Gasteiger partial charge in [-0.1, -0.05) is 13.8 Å². The molecule has 5 heteroatoms. The second-order valence-corrected chi connectivity index (χ2v) is 5.89. The van der Waals surface area contributed by atoms with Gasteiger partial charge in [0.25, 0.3) is 5.91 Å². The molecule has 0 aliphatic carbocycles. The molecule has 1 unspecified atom stereocenters. The van der Waals surface area contributed by atoms with Gasteiger partial charge in [-0.2, -0.15) is 5.10 Å². The molecule has 1 atom stereocenters. The van der Waals surface area contributed by atoms with Crippen molar-refractivity contribution in [1.29, 1.82) is 0 Å². The van der Waals surface area contributed by atoms with E-state index in [1.54, 1.807) is 4.68 Å². The van der Waals surface area contributed by atoms with E-state index in [0.717, 1.165) is 37.9 Å². The smallest absolute Gasteiger partial charge is 0.274 e. The molecule has 20 heavy (non-hydrogen) atoms. The van der Waals surface area contributed by atoms with Gasteiger partial charge in [0.05, 0.1) is 0 Å². The molecule has 1 aromatic heterocycles. The first-order valence-corrected chi connectivity index (χ1v) is 7.50. The van der Waals surface area contributed by atoms with E-state index in [0.29, 0.717) is 11.6 Å². The SMILES string of the molecule is CC(C)c1cc(C(=O)N2CCCC2CCCO)nn1C. The Morgan fingerprint density at radius 1 is 1.55 bits per heavy atom. The average Bonchev–Trinajstić information content (AvgIpc) is 3.01. The number of aliphatic hydroxyl groups excluding tert-OH is 1. The third kappa shape index (κ3) is 3.03. The zero-order chi connectivity index (χ0) is 14.7. The number of hydrogen-bond donors (Lipinski definition) is 1. The van der Waals surface area contributed by atoms with Crippen LogP contribution in [0.1, 0.15) is 61.6 Å². The molecule has 1 N–H and O–H groups in total. The average molecular weight is 279 g/mol. The maximum absolute atomic E-state index is 12.6. The fourth-order valence-corrected chi connectivity index (χ4v) is 3.00. The van der Waals surface area contributed by atoms with E-state index in [9.17, 15) is 4.79 Å². The summed E-state index contributed by atoms with van der Waals surface area (Å²) < 4.78 is 1.80. The molecule has 0 aromatic carbocycles. The zero-order valence-corrected chi connectivity index (χ0v) is 12.7. The molecule has 1 fully saturated rings. The molecule has 0 radical (unpaired) electrons. The van der Waals surface area contributed by atoms with Gasteiger partial charge in [-0.25, -0.2) is 0 Å². The van der Waals surface area contributed by atoms with Crippen LogP contribution in [0.15, 0.2) is 6.07 Å². The van der Waals surface area contributed by atoms with Crippen LogP contribution in [-0.4, -0.2) is 44.9 Å². The van der Waals surface area contributed by atoms with Crippen LogP contribution in [0.4, 0.5) is 0 Å². The normalized spacial score (nSPS) is 19.1. The summed E-state index contributed by atoms with van der Waals surface area (Å²) >= 11 is 0. The number of amides is 1. The first kappa shape index (κ1) is 15.0. The third-order valence-corrected chi connectivity index (χ3v) is 4.06. The summed E-state index contributed by atoms with van der Waals surface area (Å²) in [5, 5.41) is 13.3. The van der Waals surface area contributed by atoms with Crippen LogP contribution in [-0.2, 0) is 7.05 Å². The van der Waals surface area contributed by atoms with Crippen molar-refractivity contribution < 1.29 is 9.90 Å². The Morgan fingerprint density at radius 2 is 2.30 bits per heavy atom. The van der Waals surface area contributed by atoms with E-state index in [1.165, 1.54) is 0 Å². The lowest BCUT2D eigenvalue weighted by atomic mass is 10.1. The molecule has 1 aliphatic rings. The summed E-state index contributed by atoms with van der Waals surface area (Å²) in [6.45, 7) is 5.21. The van der Waals surface area contributed by atoms with Gasteiger partial charge in [0.15, 0.2) is 5.69 Å². The van der Waals surface area contributed by atoms with Crippen LogP contribution in [0.5, 0.6) is 0 Å². The molecule has 0 spiro atoms. The summed E-state index contributed by atoms with van der Waals surface area (Å²) in [6.07, 6.45) is 3.72. The van der Waals surface area contributed by atoms with Crippen molar-refractivity contribution in [2.24, 2.45) is 7.05 Å². The quantitative estimate of drug-likeness (QED) is 0.896. The number of nitrogens with zero attached hydrogens (tertiary/aromatic N) is 3. The number of hydrogen-bond acceptors (Lipinski definition) is 3. The first-order chi connectivity index (χ1) is 9.54. The molecule has 0 bridgehead atoms. The Bertz CT molecular complexity index is 468. The van der Waals surface area contributed by atoms with Crippen LogP contribution in [0.3, 0.4) is 0 Å². The van der Waals surface area contributed by atoms with Gasteiger partial charge < -0.3 is 10.0 Å². The standard InChI is InChI=1S/C15H25N3O2/c1-11(2)14-10-13(16-17(14)3)15(20)18-8-4-6-12(18)7-5-9-19/h10-12,19H,4-9H2,1-3H3. The Hall–Kier alpha value is -1.36. The monoisotopic (exact) mass is 279 g/mol. The predicted molar refractivity (Wildman–Crippen MR) is 77.7 cm³/mol. The Morgan fingerprint density at radius 3 is 2.90 bits per heavy atom. The van der Waals surface area contributed by atoms with Crippen molar-refractivity contribution in [1.82, 2.24) is 14.7 Å². The van der Waals surface area contributed by atoms with Crippen LogP contribution >= 0.6 is 0 Å². The minimum absolute atomic E-state index is 0.0351. The van der Waals surface area contributed by atoms with Crippen molar-refractivity contribution >= 4 is 5.91 Å². The molecular formula is C15H25N3O2. The van der Waals surface area contributed by atoms with Crippen molar-refractivity contribution in [3.63, 3.8) is 0 Å². The lowest BCUT2D eigenvalue weighted by molar-refractivity contribution is 0.0717. The number of aromatic nitrogens is 2. The van der Waals surface area contributed by atoms with Gasteiger partial charge in [-0.3, -0.25) is 9.48 Å². The number of likely N-dealkylation sites (tertiary alicyclic amines) is 1. The predicted octanol–water partition coefficient (Wildman–Crippen LogP) is 1.92. The number of aliphatic hydroxyl groups is 1. The maximum atomic E-state index is 12.6. The molecule has 2 heterocycles.